The SMILES string of the molecule is CC1CCC(OC(CBr)c2cccc(Cl)c2)CC1C. The third-order valence-electron chi connectivity index (χ3n) is 4.27. The van der Waals surface area contributed by atoms with Crippen LogP contribution < -0.4 is 0 Å². The fourth-order valence-corrected chi connectivity index (χ4v) is 3.49. The maximum absolute atomic E-state index is 6.29. The van der Waals surface area contributed by atoms with Gasteiger partial charge in [-0.1, -0.05) is 53.5 Å². The third kappa shape index (κ3) is 4.21. The van der Waals surface area contributed by atoms with Crippen LogP contribution in [-0.2, 0) is 4.74 Å². The van der Waals surface area contributed by atoms with E-state index in [2.05, 4.69) is 35.8 Å². The van der Waals surface area contributed by atoms with Crippen molar-refractivity contribution in [2.75, 3.05) is 5.33 Å². The number of hydrogen-bond donors (Lipinski definition) is 0. The Kier molecular flexibility index (Phi) is 5.73. The molecule has 2 rings (SSSR count). The molecule has 0 heterocycles. The summed E-state index contributed by atoms with van der Waals surface area (Å²) in [5.41, 5.74) is 1.16. The first-order chi connectivity index (χ1) is 9.10. The van der Waals surface area contributed by atoms with E-state index in [9.17, 15) is 0 Å². The molecular weight excluding hydrogens is 324 g/mol. The number of rotatable bonds is 4. The molecule has 1 aliphatic rings. The molecular formula is C16H22BrClO. The summed E-state index contributed by atoms with van der Waals surface area (Å²) in [6.07, 6.45) is 4.11. The van der Waals surface area contributed by atoms with Crippen molar-refractivity contribution in [1.82, 2.24) is 0 Å². The first-order valence-corrected chi connectivity index (χ1v) is 8.57. The van der Waals surface area contributed by atoms with Crippen LogP contribution in [0, 0.1) is 11.8 Å². The van der Waals surface area contributed by atoms with Crippen molar-refractivity contribution < 1.29 is 4.74 Å². The Balaban J connectivity index is 1.99. The lowest BCUT2D eigenvalue weighted by Gasteiger charge is -2.34. The average molecular weight is 346 g/mol. The molecule has 0 bridgehead atoms. The second-order valence-corrected chi connectivity index (χ2v) is 6.81. The van der Waals surface area contributed by atoms with Gasteiger partial charge in [-0.2, -0.15) is 0 Å². The first-order valence-electron chi connectivity index (χ1n) is 7.07. The highest BCUT2D eigenvalue weighted by molar-refractivity contribution is 9.09. The van der Waals surface area contributed by atoms with Gasteiger partial charge >= 0.3 is 0 Å². The van der Waals surface area contributed by atoms with Crippen molar-refractivity contribution in [3.63, 3.8) is 0 Å². The summed E-state index contributed by atoms with van der Waals surface area (Å²) in [4.78, 5) is 0. The van der Waals surface area contributed by atoms with Gasteiger partial charge in [0.15, 0.2) is 0 Å². The van der Waals surface area contributed by atoms with Gasteiger partial charge in [-0.15, -0.1) is 0 Å². The Labute approximate surface area is 129 Å². The van der Waals surface area contributed by atoms with Crippen molar-refractivity contribution in [2.24, 2.45) is 11.8 Å². The summed E-state index contributed by atoms with van der Waals surface area (Å²) in [5.74, 6) is 1.59. The largest absolute Gasteiger partial charge is 0.369 e. The minimum absolute atomic E-state index is 0.101. The Morgan fingerprint density at radius 2 is 2.11 bits per heavy atom. The quantitative estimate of drug-likeness (QED) is 0.644. The van der Waals surface area contributed by atoms with Crippen LogP contribution in [0.25, 0.3) is 0 Å². The average Bonchev–Trinajstić information content (AvgIpc) is 2.40. The Morgan fingerprint density at radius 1 is 1.32 bits per heavy atom. The van der Waals surface area contributed by atoms with Crippen LogP contribution in [0.1, 0.15) is 44.8 Å². The molecule has 106 valence electrons. The molecule has 4 unspecified atom stereocenters. The molecule has 1 aliphatic carbocycles. The molecule has 1 aromatic rings. The Bertz CT molecular complexity index is 409. The van der Waals surface area contributed by atoms with Crippen LogP contribution in [0.2, 0.25) is 5.02 Å². The highest BCUT2D eigenvalue weighted by atomic mass is 79.9. The fourth-order valence-electron chi connectivity index (χ4n) is 2.76. The van der Waals surface area contributed by atoms with E-state index >= 15 is 0 Å². The van der Waals surface area contributed by atoms with Crippen LogP contribution in [0.3, 0.4) is 0 Å². The molecule has 0 aliphatic heterocycles. The predicted octanol–water partition coefficient (Wildman–Crippen LogP) is 5.62. The number of benzene rings is 1. The lowest BCUT2D eigenvalue weighted by Crippen LogP contribution is -2.28. The molecule has 1 fully saturated rings. The van der Waals surface area contributed by atoms with E-state index in [1.165, 1.54) is 19.3 Å². The van der Waals surface area contributed by atoms with E-state index in [0.29, 0.717) is 6.10 Å². The maximum Gasteiger partial charge on any atom is 0.0925 e. The summed E-state index contributed by atoms with van der Waals surface area (Å²) >= 11 is 9.62. The number of alkyl halides is 1. The van der Waals surface area contributed by atoms with E-state index < -0.39 is 0 Å². The van der Waals surface area contributed by atoms with Crippen LogP contribution in [0.15, 0.2) is 24.3 Å². The Hall–Kier alpha value is -0.0500. The predicted molar refractivity (Wildman–Crippen MR) is 85.0 cm³/mol. The van der Waals surface area contributed by atoms with Crippen LogP contribution in [0.4, 0.5) is 0 Å². The molecule has 4 atom stereocenters. The highest BCUT2D eigenvalue weighted by Gasteiger charge is 2.27. The molecule has 0 aromatic heterocycles. The van der Waals surface area contributed by atoms with E-state index in [0.717, 1.165) is 27.8 Å². The molecule has 1 aromatic carbocycles. The van der Waals surface area contributed by atoms with Gasteiger partial charge in [0.2, 0.25) is 0 Å². The highest BCUT2D eigenvalue weighted by Crippen LogP contribution is 2.34. The van der Waals surface area contributed by atoms with E-state index in [4.69, 9.17) is 16.3 Å². The Morgan fingerprint density at radius 3 is 2.74 bits per heavy atom. The zero-order valence-corrected chi connectivity index (χ0v) is 14.0. The van der Waals surface area contributed by atoms with Gasteiger partial charge in [0, 0.05) is 10.4 Å². The third-order valence-corrected chi connectivity index (χ3v) is 5.09. The molecule has 0 saturated heterocycles. The van der Waals surface area contributed by atoms with E-state index in [1.54, 1.807) is 0 Å². The van der Waals surface area contributed by atoms with Gasteiger partial charge in [0.05, 0.1) is 12.2 Å². The minimum Gasteiger partial charge on any atom is -0.369 e. The van der Waals surface area contributed by atoms with Gasteiger partial charge in [-0.3, -0.25) is 0 Å². The normalized spacial score (nSPS) is 29.2. The maximum atomic E-state index is 6.29. The summed E-state index contributed by atoms with van der Waals surface area (Å²) < 4.78 is 6.29. The second kappa shape index (κ2) is 7.10. The lowest BCUT2D eigenvalue weighted by atomic mass is 9.80. The number of ether oxygens (including phenoxy) is 1. The summed E-state index contributed by atoms with van der Waals surface area (Å²) in [6, 6.07) is 7.98. The molecule has 3 heteroatoms. The van der Waals surface area contributed by atoms with E-state index in [-0.39, 0.29) is 6.10 Å². The monoisotopic (exact) mass is 344 g/mol. The molecule has 0 N–H and O–H groups in total. The van der Waals surface area contributed by atoms with Crippen LogP contribution in [-0.4, -0.2) is 11.4 Å². The van der Waals surface area contributed by atoms with Crippen molar-refractivity contribution in [3.05, 3.63) is 34.9 Å². The standard InChI is InChI=1S/C16H22BrClO/c1-11-6-7-15(8-12(11)2)19-16(10-17)13-4-3-5-14(18)9-13/h3-5,9,11-12,15-16H,6-8,10H2,1-2H3. The zero-order valence-electron chi connectivity index (χ0n) is 11.6. The number of hydrogen-bond acceptors (Lipinski definition) is 1. The lowest BCUT2D eigenvalue weighted by molar-refractivity contribution is -0.0384. The van der Waals surface area contributed by atoms with Gasteiger partial charge in [0.25, 0.3) is 0 Å². The fraction of sp³-hybridized carbons (Fsp3) is 0.625. The second-order valence-electron chi connectivity index (χ2n) is 5.72. The zero-order chi connectivity index (χ0) is 13.8. The van der Waals surface area contributed by atoms with Crippen molar-refractivity contribution >= 4 is 27.5 Å². The van der Waals surface area contributed by atoms with Gasteiger partial charge in [0.1, 0.15) is 0 Å². The molecule has 0 radical (unpaired) electrons. The molecule has 0 amide bonds. The smallest absolute Gasteiger partial charge is 0.0925 e. The van der Waals surface area contributed by atoms with E-state index in [1.807, 2.05) is 18.2 Å². The first kappa shape index (κ1) is 15.3. The van der Waals surface area contributed by atoms with Crippen molar-refractivity contribution in [1.29, 1.82) is 0 Å². The minimum atomic E-state index is 0.101. The van der Waals surface area contributed by atoms with Crippen molar-refractivity contribution in [2.45, 2.75) is 45.3 Å². The summed E-state index contributed by atoms with van der Waals surface area (Å²) in [7, 11) is 0. The molecule has 1 nitrogen and oxygen atoms in total. The summed E-state index contributed by atoms with van der Waals surface area (Å²) in [6.45, 7) is 4.68. The van der Waals surface area contributed by atoms with Crippen LogP contribution >= 0.6 is 27.5 Å². The molecule has 1 saturated carbocycles. The van der Waals surface area contributed by atoms with Gasteiger partial charge in [-0.25, -0.2) is 0 Å². The van der Waals surface area contributed by atoms with Gasteiger partial charge in [-0.05, 0) is 48.8 Å². The van der Waals surface area contributed by atoms with Crippen molar-refractivity contribution in [3.8, 4) is 0 Å². The number of halogens is 2. The topological polar surface area (TPSA) is 9.23 Å². The molecule has 0 spiro atoms. The van der Waals surface area contributed by atoms with Gasteiger partial charge < -0.3 is 4.74 Å². The summed E-state index contributed by atoms with van der Waals surface area (Å²) in [5, 5.41) is 1.59. The molecule has 19 heavy (non-hydrogen) atoms. The van der Waals surface area contributed by atoms with Crippen LogP contribution in [0.5, 0.6) is 0 Å².